The molecule has 1 amide bonds. The van der Waals surface area contributed by atoms with Crippen LogP contribution in [-0.2, 0) is 20.0 Å². The molecular weight excluding hydrogens is 378 g/mol. The Bertz CT molecular complexity index is 896. The molecule has 0 saturated carbocycles. The molecule has 0 spiro atoms. The molecule has 1 saturated heterocycles. The standard InChI is InChI=1S/C17H21NO6S2/c1-11-8-13(19)15(21)16(24-11)17(3-5-25-6-4-17)9-14(20)18-12-2-7-26(22,23)10-12/h2,7-8,12,21H,3-6,9-10H2,1H3,(H,18,20). The van der Waals surface area contributed by atoms with Crippen molar-refractivity contribution < 1.29 is 22.7 Å². The van der Waals surface area contributed by atoms with Crippen molar-refractivity contribution in [2.45, 2.75) is 37.6 Å². The fraction of sp³-hybridized carbons (Fsp3) is 0.529. The number of amides is 1. The fourth-order valence-corrected chi connectivity index (χ4v) is 5.95. The first-order valence-electron chi connectivity index (χ1n) is 8.33. The van der Waals surface area contributed by atoms with E-state index in [0.717, 1.165) is 16.9 Å². The van der Waals surface area contributed by atoms with E-state index in [9.17, 15) is 23.1 Å². The second kappa shape index (κ2) is 7.11. The van der Waals surface area contributed by atoms with Crippen molar-refractivity contribution in [1.29, 1.82) is 0 Å². The van der Waals surface area contributed by atoms with E-state index in [1.807, 2.05) is 0 Å². The van der Waals surface area contributed by atoms with Crippen molar-refractivity contribution in [3.63, 3.8) is 0 Å². The first kappa shape index (κ1) is 19.0. The van der Waals surface area contributed by atoms with Gasteiger partial charge < -0.3 is 14.8 Å². The SMILES string of the molecule is Cc1cc(=O)c(O)c(C2(CC(=O)NC3C=CS(=O)(=O)C3)CCSCC2)o1. The van der Waals surface area contributed by atoms with Crippen LogP contribution in [-0.4, -0.2) is 42.7 Å². The topological polar surface area (TPSA) is 114 Å². The van der Waals surface area contributed by atoms with Crippen LogP contribution in [0.1, 0.15) is 30.8 Å². The molecule has 142 valence electrons. The van der Waals surface area contributed by atoms with Crippen molar-refractivity contribution in [1.82, 2.24) is 5.32 Å². The van der Waals surface area contributed by atoms with Crippen LogP contribution in [0.3, 0.4) is 0 Å². The molecule has 1 atom stereocenters. The summed E-state index contributed by atoms with van der Waals surface area (Å²) in [4.78, 5) is 24.6. The molecule has 1 aromatic rings. The number of aryl methyl sites for hydroxylation is 1. The largest absolute Gasteiger partial charge is 0.502 e. The Balaban J connectivity index is 1.86. The molecule has 0 aliphatic carbocycles. The van der Waals surface area contributed by atoms with E-state index in [-0.39, 0.29) is 23.8 Å². The van der Waals surface area contributed by atoms with Gasteiger partial charge in [-0.1, -0.05) is 0 Å². The maximum Gasteiger partial charge on any atom is 0.227 e. The summed E-state index contributed by atoms with van der Waals surface area (Å²) in [6, 6.07) is 0.666. The maximum atomic E-state index is 12.6. The van der Waals surface area contributed by atoms with Crippen LogP contribution in [0.4, 0.5) is 0 Å². The average molecular weight is 399 g/mol. The molecule has 1 aromatic heterocycles. The van der Waals surface area contributed by atoms with Gasteiger partial charge in [-0.05, 0) is 37.3 Å². The Labute approximate surface area is 155 Å². The van der Waals surface area contributed by atoms with Crippen LogP contribution in [0.5, 0.6) is 5.75 Å². The molecule has 26 heavy (non-hydrogen) atoms. The summed E-state index contributed by atoms with van der Waals surface area (Å²) in [5, 5.41) is 14.1. The van der Waals surface area contributed by atoms with Crippen molar-refractivity contribution >= 4 is 27.5 Å². The van der Waals surface area contributed by atoms with Crippen LogP contribution in [0.15, 0.2) is 26.8 Å². The van der Waals surface area contributed by atoms with Crippen molar-refractivity contribution in [2.24, 2.45) is 0 Å². The Morgan fingerprint density at radius 2 is 2.12 bits per heavy atom. The number of nitrogens with one attached hydrogen (secondary N) is 1. The van der Waals surface area contributed by atoms with Crippen molar-refractivity contribution in [2.75, 3.05) is 17.3 Å². The fourth-order valence-electron chi connectivity index (χ4n) is 3.44. The highest BCUT2D eigenvalue weighted by molar-refractivity contribution is 7.99. The van der Waals surface area contributed by atoms with Gasteiger partial charge in [0.2, 0.25) is 17.1 Å². The molecule has 2 aliphatic heterocycles. The van der Waals surface area contributed by atoms with Crippen LogP contribution < -0.4 is 10.7 Å². The molecule has 9 heteroatoms. The molecule has 7 nitrogen and oxygen atoms in total. The van der Waals surface area contributed by atoms with Gasteiger partial charge >= 0.3 is 0 Å². The molecule has 1 fully saturated rings. The quantitative estimate of drug-likeness (QED) is 0.783. The number of rotatable bonds is 4. The van der Waals surface area contributed by atoms with Crippen molar-refractivity contribution in [3.8, 4) is 5.75 Å². The minimum absolute atomic E-state index is 0.0257. The van der Waals surface area contributed by atoms with Gasteiger partial charge in [-0.15, -0.1) is 0 Å². The highest BCUT2D eigenvalue weighted by Crippen LogP contribution is 2.44. The summed E-state index contributed by atoms with van der Waals surface area (Å²) in [6.07, 6.45) is 2.66. The van der Waals surface area contributed by atoms with E-state index < -0.39 is 32.5 Å². The van der Waals surface area contributed by atoms with Gasteiger partial charge in [0.25, 0.3) is 0 Å². The zero-order chi connectivity index (χ0) is 18.9. The molecule has 3 heterocycles. The number of carbonyl (C=O) groups is 1. The Morgan fingerprint density at radius 3 is 2.73 bits per heavy atom. The van der Waals surface area contributed by atoms with Gasteiger partial charge in [0.05, 0.1) is 11.8 Å². The number of sulfone groups is 1. The molecule has 0 aromatic carbocycles. The summed E-state index contributed by atoms with van der Waals surface area (Å²) in [7, 11) is -3.26. The molecular formula is C17H21NO6S2. The number of thioether (sulfide) groups is 1. The van der Waals surface area contributed by atoms with Gasteiger partial charge in [-0.25, -0.2) is 8.42 Å². The second-order valence-electron chi connectivity index (χ2n) is 6.80. The lowest BCUT2D eigenvalue weighted by Gasteiger charge is -2.36. The molecule has 0 bridgehead atoms. The summed E-state index contributed by atoms with van der Waals surface area (Å²) in [5.74, 6) is 1.18. The lowest BCUT2D eigenvalue weighted by molar-refractivity contribution is -0.123. The van der Waals surface area contributed by atoms with Crippen LogP contribution in [0.2, 0.25) is 0 Å². The molecule has 0 radical (unpaired) electrons. The Kier molecular flexibility index (Phi) is 5.21. The first-order valence-corrected chi connectivity index (χ1v) is 11.2. The molecule has 3 rings (SSSR count). The third kappa shape index (κ3) is 3.98. The van der Waals surface area contributed by atoms with E-state index in [4.69, 9.17) is 4.42 Å². The number of hydrogen-bond donors (Lipinski definition) is 2. The highest BCUT2D eigenvalue weighted by atomic mass is 32.2. The zero-order valence-electron chi connectivity index (χ0n) is 14.4. The predicted molar refractivity (Wildman–Crippen MR) is 99.1 cm³/mol. The van der Waals surface area contributed by atoms with Crippen molar-refractivity contribution in [3.05, 3.63) is 39.3 Å². The predicted octanol–water partition coefficient (Wildman–Crippen LogP) is 1.24. The van der Waals surface area contributed by atoms with E-state index in [2.05, 4.69) is 5.32 Å². The summed E-state index contributed by atoms with van der Waals surface area (Å²) in [5.41, 5.74) is -1.29. The third-order valence-corrected chi connectivity index (χ3v) is 7.13. The first-order chi connectivity index (χ1) is 12.2. The minimum Gasteiger partial charge on any atom is -0.502 e. The normalized spacial score (nSPS) is 23.7. The smallest absolute Gasteiger partial charge is 0.227 e. The van der Waals surface area contributed by atoms with Gasteiger partial charge in [0.15, 0.2) is 15.6 Å². The van der Waals surface area contributed by atoms with Gasteiger partial charge in [0.1, 0.15) is 5.76 Å². The van der Waals surface area contributed by atoms with E-state index in [1.54, 1.807) is 18.7 Å². The monoisotopic (exact) mass is 399 g/mol. The third-order valence-electron chi connectivity index (χ3n) is 4.75. The van der Waals surface area contributed by atoms with Crippen LogP contribution >= 0.6 is 11.8 Å². The summed E-state index contributed by atoms with van der Waals surface area (Å²) >= 11 is 1.74. The second-order valence-corrected chi connectivity index (χ2v) is 9.96. The van der Waals surface area contributed by atoms with Gasteiger partial charge in [0, 0.05) is 23.3 Å². The lowest BCUT2D eigenvalue weighted by atomic mass is 9.75. The Hall–Kier alpha value is -1.74. The van der Waals surface area contributed by atoms with Gasteiger partial charge in [-0.2, -0.15) is 11.8 Å². The van der Waals surface area contributed by atoms with E-state index >= 15 is 0 Å². The van der Waals surface area contributed by atoms with Crippen LogP contribution in [0, 0.1) is 6.92 Å². The summed E-state index contributed by atoms with van der Waals surface area (Å²) < 4.78 is 28.7. The summed E-state index contributed by atoms with van der Waals surface area (Å²) in [6.45, 7) is 1.63. The van der Waals surface area contributed by atoms with Crippen LogP contribution in [0.25, 0.3) is 0 Å². The lowest BCUT2D eigenvalue weighted by Crippen LogP contribution is -2.42. The van der Waals surface area contributed by atoms with E-state index in [0.29, 0.717) is 18.6 Å². The molecule has 1 unspecified atom stereocenters. The zero-order valence-corrected chi connectivity index (χ0v) is 16.0. The van der Waals surface area contributed by atoms with Gasteiger partial charge in [-0.3, -0.25) is 9.59 Å². The highest BCUT2D eigenvalue weighted by Gasteiger charge is 2.42. The number of carbonyl (C=O) groups excluding carboxylic acids is 1. The minimum atomic E-state index is -3.26. The average Bonchev–Trinajstić information content (AvgIpc) is 2.90. The Morgan fingerprint density at radius 1 is 1.42 bits per heavy atom. The number of aromatic hydroxyl groups is 1. The number of hydrogen-bond acceptors (Lipinski definition) is 7. The molecule has 2 N–H and O–H groups in total. The van der Waals surface area contributed by atoms with E-state index in [1.165, 1.54) is 12.1 Å². The molecule has 2 aliphatic rings. The maximum absolute atomic E-state index is 12.6.